The molecule has 1 aliphatic rings. The van der Waals surface area contributed by atoms with Crippen molar-refractivity contribution < 1.29 is 13.2 Å². The Morgan fingerprint density at radius 3 is 2.53 bits per heavy atom. The normalized spacial score (nSPS) is 19.7. The Morgan fingerprint density at radius 2 is 1.87 bits per heavy atom. The fourth-order valence-corrected chi connectivity index (χ4v) is 5.64. The van der Waals surface area contributed by atoms with E-state index < -0.39 is 10.0 Å². The van der Waals surface area contributed by atoms with Crippen molar-refractivity contribution in [3.05, 3.63) is 59.7 Å². The van der Waals surface area contributed by atoms with Gasteiger partial charge in [-0.3, -0.25) is 0 Å². The van der Waals surface area contributed by atoms with Gasteiger partial charge in [0.2, 0.25) is 10.0 Å². The van der Waals surface area contributed by atoms with Crippen molar-refractivity contribution in [2.24, 2.45) is 0 Å². The van der Waals surface area contributed by atoms with Crippen LogP contribution >= 0.6 is 0 Å². The largest absolute Gasteiger partial charge is 0.496 e. The summed E-state index contributed by atoms with van der Waals surface area (Å²) in [5.41, 5.74) is 2.11. The van der Waals surface area contributed by atoms with Gasteiger partial charge in [0.25, 0.3) is 0 Å². The number of rotatable bonds is 9. The summed E-state index contributed by atoms with van der Waals surface area (Å²) in [6.07, 6.45) is 2.17. The van der Waals surface area contributed by atoms with Crippen molar-refractivity contribution in [3.8, 4) is 5.75 Å². The van der Waals surface area contributed by atoms with Gasteiger partial charge in [0.15, 0.2) is 0 Å². The van der Waals surface area contributed by atoms with Crippen LogP contribution < -0.4 is 15.4 Å². The van der Waals surface area contributed by atoms with Gasteiger partial charge in [-0.15, -0.1) is 0 Å². The molecule has 164 valence electrons. The van der Waals surface area contributed by atoms with Gasteiger partial charge in [0, 0.05) is 37.3 Å². The Balaban J connectivity index is 1.81. The predicted molar refractivity (Wildman–Crippen MR) is 120 cm³/mol. The van der Waals surface area contributed by atoms with Crippen LogP contribution in [0.1, 0.15) is 43.9 Å². The second-order valence-corrected chi connectivity index (χ2v) is 9.47. The average Bonchev–Trinajstić information content (AvgIpc) is 2.79. The molecule has 0 aliphatic carbocycles. The summed E-state index contributed by atoms with van der Waals surface area (Å²) in [5.74, 6) is 0.695. The molecule has 1 aliphatic heterocycles. The third-order valence-electron chi connectivity index (χ3n) is 5.77. The van der Waals surface area contributed by atoms with Crippen LogP contribution in [0.2, 0.25) is 0 Å². The van der Waals surface area contributed by atoms with E-state index in [1.165, 1.54) is 9.87 Å². The van der Waals surface area contributed by atoms with E-state index in [1.54, 1.807) is 25.3 Å². The molecule has 0 saturated carbocycles. The van der Waals surface area contributed by atoms with Crippen LogP contribution in [0.15, 0.2) is 53.4 Å². The second kappa shape index (κ2) is 10.4. The molecule has 6 nitrogen and oxygen atoms in total. The summed E-state index contributed by atoms with van der Waals surface area (Å²) in [4.78, 5) is 0.310. The van der Waals surface area contributed by atoms with Gasteiger partial charge in [-0.1, -0.05) is 44.2 Å². The molecule has 30 heavy (non-hydrogen) atoms. The Hall–Kier alpha value is -1.93. The number of methoxy groups -OCH3 is 1. The first kappa shape index (κ1) is 22.7. The highest BCUT2D eigenvalue weighted by atomic mass is 32.2. The molecule has 2 aromatic rings. The van der Waals surface area contributed by atoms with Crippen LogP contribution in [0.25, 0.3) is 0 Å². The van der Waals surface area contributed by atoms with E-state index >= 15 is 0 Å². The standard InChI is InChI=1S/C23H33N3O3S/c1-4-26(5-2)30(27,28)20-13-14-22(29-3)19(16-20)17-25-21-12-9-15-24-23(21)18-10-7-6-8-11-18/h6-8,10-11,13-14,16,21,23-25H,4-5,9,12,15,17H2,1-3H3. The van der Waals surface area contributed by atoms with Crippen molar-refractivity contribution in [2.75, 3.05) is 26.7 Å². The number of piperidine rings is 1. The van der Waals surface area contributed by atoms with Crippen LogP contribution in [-0.2, 0) is 16.6 Å². The number of hydrogen-bond donors (Lipinski definition) is 2. The average molecular weight is 432 g/mol. The van der Waals surface area contributed by atoms with E-state index in [2.05, 4.69) is 34.9 Å². The summed E-state index contributed by atoms with van der Waals surface area (Å²) in [6.45, 7) is 6.15. The first-order valence-electron chi connectivity index (χ1n) is 10.7. The Kier molecular flexibility index (Phi) is 7.88. The molecule has 0 aromatic heterocycles. The molecule has 2 unspecified atom stereocenters. The molecule has 2 N–H and O–H groups in total. The maximum Gasteiger partial charge on any atom is 0.243 e. The molecule has 2 atom stereocenters. The van der Waals surface area contributed by atoms with E-state index in [0.717, 1.165) is 24.9 Å². The Bertz CT molecular complexity index is 915. The number of nitrogens with zero attached hydrogens (tertiary/aromatic N) is 1. The summed E-state index contributed by atoms with van der Waals surface area (Å²) >= 11 is 0. The van der Waals surface area contributed by atoms with Gasteiger partial charge in [0.1, 0.15) is 5.75 Å². The van der Waals surface area contributed by atoms with Crippen LogP contribution in [0.4, 0.5) is 0 Å². The van der Waals surface area contributed by atoms with Gasteiger partial charge in [0.05, 0.1) is 12.0 Å². The first-order chi connectivity index (χ1) is 14.5. The number of sulfonamides is 1. The zero-order valence-corrected chi connectivity index (χ0v) is 18.9. The number of ether oxygens (including phenoxy) is 1. The van der Waals surface area contributed by atoms with E-state index in [4.69, 9.17) is 4.74 Å². The lowest BCUT2D eigenvalue weighted by atomic mass is 9.92. The molecule has 0 bridgehead atoms. The minimum atomic E-state index is -3.51. The van der Waals surface area contributed by atoms with Gasteiger partial charge in [-0.25, -0.2) is 8.42 Å². The molecule has 3 rings (SSSR count). The summed E-state index contributed by atoms with van der Waals surface area (Å²) in [6, 6.07) is 16.1. The molecule has 7 heteroatoms. The molecule has 1 heterocycles. The van der Waals surface area contributed by atoms with E-state index in [-0.39, 0.29) is 12.1 Å². The maximum atomic E-state index is 12.9. The fraction of sp³-hybridized carbons (Fsp3) is 0.478. The van der Waals surface area contributed by atoms with Gasteiger partial charge in [-0.05, 0) is 43.1 Å². The van der Waals surface area contributed by atoms with E-state index in [0.29, 0.717) is 30.3 Å². The maximum absolute atomic E-state index is 12.9. The number of benzene rings is 2. The minimum Gasteiger partial charge on any atom is -0.496 e. The van der Waals surface area contributed by atoms with Crippen LogP contribution in [0, 0.1) is 0 Å². The molecule has 0 amide bonds. The van der Waals surface area contributed by atoms with Crippen LogP contribution in [-0.4, -0.2) is 45.5 Å². The van der Waals surface area contributed by atoms with Crippen molar-refractivity contribution >= 4 is 10.0 Å². The highest BCUT2D eigenvalue weighted by Gasteiger charge is 2.27. The lowest BCUT2D eigenvalue weighted by Crippen LogP contribution is -2.45. The summed E-state index contributed by atoms with van der Waals surface area (Å²) < 4.78 is 32.9. The summed E-state index contributed by atoms with van der Waals surface area (Å²) in [5, 5.41) is 7.27. The zero-order chi connectivity index (χ0) is 21.6. The van der Waals surface area contributed by atoms with E-state index in [9.17, 15) is 8.42 Å². The molecule has 1 saturated heterocycles. The highest BCUT2D eigenvalue weighted by molar-refractivity contribution is 7.89. The lowest BCUT2D eigenvalue weighted by molar-refractivity contribution is 0.302. The van der Waals surface area contributed by atoms with E-state index in [1.807, 2.05) is 19.9 Å². The smallest absolute Gasteiger partial charge is 0.243 e. The monoisotopic (exact) mass is 431 g/mol. The third kappa shape index (κ3) is 5.03. The molecule has 2 aromatic carbocycles. The summed E-state index contributed by atoms with van der Waals surface area (Å²) in [7, 11) is -1.89. The molecular formula is C23H33N3O3S. The molecule has 1 fully saturated rings. The Morgan fingerprint density at radius 1 is 1.13 bits per heavy atom. The topological polar surface area (TPSA) is 70.7 Å². The van der Waals surface area contributed by atoms with Crippen LogP contribution in [0.3, 0.4) is 0 Å². The zero-order valence-electron chi connectivity index (χ0n) is 18.1. The fourth-order valence-electron chi connectivity index (χ4n) is 4.13. The van der Waals surface area contributed by atoms with Crippen molar-refractivity contribution in [2.45, 2.75) is 50.2 Å². The highest BCUT2D eigenvalue weighted by Crippen LogP contribution is 2.27. The number of nitrogens with one attached hydrogen (secondary N) is 2. The predicted octanol–water partition coefficient (Wildman–Crippen LogP) is 3.31. The molecule has 0 radical (unpaired) electrons. The SMILES string of the molecule is CCN(CC)S(=O)(=O)c1ccc(OC)c(CNC2CCCNC2c2ccccc2)c1. The quantitative estimate of drug-likeness (QED) is 0.637. The van der Waals surface area contributed by atoms with Gasteiger partial charge < -0.3 is 15.4 Å². The second-order valence-electron chi connectivity index (χ2n) is 7.54. The minimum absolute atomic E-state index is 0.230. The van der Waals surface area contributed by atoms with Crippen molar-refractivity contribution in [1.29, 1.82) is 0 Å². The lowest BCUT2D eigenvalue weighted by Gasteiger charge is -2.34. The van der Waals surface area contributed by atoms with Crippen molar-refractivity contribution in [1.82, 2.24) is 14.9 Å². The first-order valence-corrected chi connectivity index (χ1v) is 12.1. The Labute approximate surface area is 180 Å². The third-order valence-corrected chi connectivity index (χ3v) is 7.81. The van der Waals surface area contributed by atoms with Crippen molar-refractivity contribution in [3.63, 3.8) is 0 Å². The molecule has 0 spiro atoms. The van der Waals surface area contributed by atoms with Gasteiger partial charge in [-0.2, -0.15) is 4.31 Å². The van der Waals surface area contributed by atoms with Gasteiger partial charge >= 0.3 is 0 Å². The van der Waals surface area contributed by atoms with Crippen LogP contribution in [0.5, 0.6) is 5.75 Å². The molecular weight excluding hydrogens is 398 g/mol. The number of hydrogen-bond acceptors (Lipinski definition) is 5.